The number of benzene rings is 1. The Labute approximate surface area is 104 Å². The van der Waals surface area contributed by atoms with E-state index in [1.54, 1.807) is 0 Å². The highest BCUT2D eigenvalue weighted by Gasteiger charge is 1.92. The molecule has 0 atom stereocenters. The first kappa shape index (κ1) is 14.2. The van der Waals surface area contributed by atoms with E-state index in [-0.39, 0.29) is 0 Å². The van der Waals surface area contributed by atoms with Crippen LogP contribution in [0.15, 0.2) is 30.3 Å². The summed E-state index contributed by atoms with van der Waals surface area (Å²) < 4.78 is 16.1. The van der Waals surface area contributed by atoms with Gasteiger partial charge in [-0.3, -0.25) is 0 Å². The fourth-order valence-electron chi connectivity index (χ4n) is 1.35. The molecule has 0 aliphatic heterocycles. The largest absolute Gasteiger partial charge is 0.379 e. The molecule has 0 spiro atoms. The van der Waals surface area contributed by atoms with Gasteiger partial charge in [-0.2, -0.15) is 0 Å². The molecule has 1 aromatic carbocycles. The third-order valence-electron chi connectivity index (χ3n) is 2.20. The third kappa shape index (κ3) is 7.91. The first-order chi connectivity index (χ1) is 8.43. The second kappa shape index (κ2) is 10.3. The van der Waals surface area contributed by atoms with Crippen LogP contribution in [0.3, 0.4) is 0 Å². The predicted octanol–water partition coefficient (Wildman–Crippen LogP) is 2.65. The molecule has 0 radical (unpaired) electrons. The summed E-state index contributed by atoms with van der Waals surface area (Å²) in [5, 5.41) is 0. The van der Waals surface area contributed by atoms with E-state index in [4.69, 9.17) is 14.2 Å². The molecule has 1 aromatic rings. The molecular formula is C14H22O3. The highest BCUT2D eigenvalue weighted by Crippen LogP contribution is 1.99. The minimum atomic E-state index is 0.627. The van der Waals surface area contributed by atoms with Gasteiger partial charge in [0.2, 0.25) is 0 Å². The summed E-state index contributed by atoms with van der Waals surface area (Å²) in [7, 11) is 0. The lowest BCUT2D eigenvalue weighted by Gasteiger charge is -2.06. The Bertz CT molecular complexity index is 261. The van der Waals surface area contributed by atoms with Gasteiger partial charge in [-0.05, 0) is 12.0 Å². The molecule has 3 nitrogen and oxygen atoms in total. The summed E-state index contributed by atoms with van der Waals surface area (Å²) >= 11 is 0. The summed E-state index contributed by atoms with van der Waals surface area (Å²) in [4.78, 5) is 0. The van der Waals surface area contributed by atoms with E-state index in [0.29, 0.717) is 33.0 Å². The molecule has 0 fully saturated rings. The van der Waals surface area contributed by atoms with Crippen molar-refractivity contribution in [2.75, 3.05) is 33.0 Å². The minimum absolute atomic E-state index is 0.627. The van der Waals surface area contributed by atoms with Gasteiger partial charge < -0.3 is 14.2 Å². The van der Waals surface area contributed by atoms with Crippen LogP contribution < -0.4 is 0 Å². The van der Waals surface area contributed by atoms with Crippen molar-refractivity contribution in [1.29, 1.82) is 0 Å². The first-order valence-corrected chi connectivity index (χ1v) is 6.20. The minimum Gasteiger partial charge on any atom is -0.379 e. The second-order valence-corrected chi connectivity index (χ2v) is 3.76. The molecule has 0 heterocycles. The van der Waals surface area contributed by atoms with Crippen LogP contribution in [0.5, 0.6) is 0 Å². The Morgan fingerprint density at radius 1 is 0.765 bits per heavy atom. The maximum Gasteiger partial charge on any atom is 0.0718 e. The lowest BCUT2D eigenvalue weighted by atomic mass is 10.2. The van der Waals surface area contributed by atoms with Gasteiger partial charge in [-0.15, -0.1) is 0 Å². The molecule has 0 unspecified atom stereocenters. The molecule has 17 heavy (non-hydrogen) atoms. The van der Waals surface area contributed by atoms with Gasteiger partial charge >= 0.3 is 0 Å². The Balaban J connectivity index is 1.85. The van der Waals surface area contributed by atoms with Crippen molar-refractivity contribution in [2.45, 2.75) is 20.0 Å². The van der Waals surface area contributed by atoms with E-state index in [1.165, 1.54) is 5.56 Å². The first-order valence-electron chi connectivity index (χ1n) is 6.20. The number of hydrogen-bond acceptors (Lipinski definition) is 3. The fourth-order valence-corrected chi connectivity index (χ4v) is 1.35. The van der Waals surface area contributed by atoms with Crippen molar-refractivity contribution < 1.29 is 14.2 Å². The molecule has 0 saturated heterocycles. The lowest BCUT2D eigenvalue weighted by molar-refractivity contribution is 0.0107. The second-order valence-electron chi connectivity index (χ2n) is 3.76. The number of rotatable bonds is 10. The Morgan fingerprint density at radius 2 is 1.35 bits per heavy atom. The Kier molecular flexibility index (Phi) is 8.55. The molecular weight excluding hydrogens is 216 g/mol. The molecule has 0 aliphatic carbocycles. The van der Waals surface area contributed by atoms with Crippen molar-refractivity contribution in [1.82, 2.24) is 0 Å². The smallest absolute Gasteiger partial charge is 0.0718 e. The SMILES string of the molecule is CCCOCCOCCOCc1ccccc1. The molecule has 0 bridgehead atoms. The molecule has 0 aromatic heterocycles. The van der Waals surface area contributed by atoms with Gasteiger partial charge in [-0.25, -0.2) is 0 Å². The number of ether oxygens (including phenoxy) is 3. The summed E-state index contributed by atoms with van der Waals surface area (Å²) in [6, 6.07) is 10.1. The van der Waals surface area contributed by atoms with Gasteiger partial charge in [0.1, 0.15) is 0 Å². The lowest BCUT2D eigenvalue weighted by Crippen LogP contribution is -2.09. The predicted molar refractivity (Wildman–Crippen MR) is 68.0 cm³/mol. The van der Waals surface area contributed by atoms with Crippen molar-refractivity contribution in [3.8, 4) is 0 Å². The van der Waals surface area contributed by atoms with Crippen LogP contribution in [0.25, 0.3) is 0 Å². The quantitative estimate of drug-likeness (QED) is 0.586. The zero-order valence-corrected chi connectivity index (χ0v) is 10.6. The maximum absolute atomic E-state index is 5.48. The Morgan fingerprint density at radius 3 is 2.00 bits per heavy atom. The van der Waals surface area contributed by atoms with Gasteiger partial charge in [0.15, 0.2) is 0 Å². The van der Waals surface area contributed by atoms with E-state index >= 15 is 0 Å². The molecule has 0 aliphatic rings. The highest BCUT2D eigenvalue weighted by atomic mass is 16.5. The zero-order valence-electron chi connectivity index (χ0n) is 10.6. The molecule has 1 rings (SSSR count). The third-order valence-corrected chi connectivity index (χ3v) is 2.20. The topological polar surface area (TPSA) is 27.7 Å². The van der Waals surface area contributed by atoms with Crippen molar-refractivity contribution in [3.63, 3.8) is 0 Å². The van der Waals surface area contributed by atoms with Crippen LogP contribution in [0.1, 0.15) is 18.9 Å². The van der Waals surface area contributed by atoms with Gasteiger partial charge in [-0.1, -0.05) is 37.3 Å². The van der Waals surface area contributed by atoms with Crippen LogP contribution >= 0.6 is 0 Å². The van der Waals surface area contributed by atoms with Crippen LogP contribution in [-0.4, -0.2) is 33.0 Å². The molecule has 0 amide bonds. The summed E-state index contributed by atoms with van der Waals surface area (Å²) in [5.41, 5.74) is 1.19. The van der Waals surface area contributed by atoms with Gasteiger partial charge in [0, 0.05) is 6.61 Å². The summed E-state index contributed by atoms with van der Waals surface area (Å²) in [5.74, 6) is 0. The van der Waals surface area contributed by atoms with Crippen molar-refractivity contribution in [2.24, 2.45) is 0 Å². The zero-order chi connectivity index (χ0) is 12.2. The fraction of sp³-hybridized carbons (Fsp3) is 0.571. The van der Waals surface area contributed by atoms with Gasteiger partial charge in [0.25, 0.3) is 0 Å². The molecule has 96 valence electrons. The maximum atomic E-state index is 5.48. The Hall–Kier alpha value is -0.900. The van der Waals surface area contributed by atoms with Crippen LogP contribution in [0, 0.1) is 0 Å². The standard InChI is InChI=1S/C14H22O3/c1-2-8-15-9-10-16-11-12-17-13-14-6-4-3-5-7-14/h3-7H,2,8-13H2,1H3. The van der Waals surface area contributed by atoms with E-state index in [2.05, 4.69) is 19.1 Å². The van der Waals surface area contributed by atoms with Crippen molar-refractivity contribution >= 4 is 0 Å². The average Bonchev–Trinajstić information content (AvgIpc) is 2.38. The highest BCUT2D eigenvalue weighted by molar-refractivity contribution is 5.13. The van der Waals surface area contributed by atoms with Gasteiger partial charge in [0.05, 0.1) is 33.0 Å². The average molecular weight is 238 g/mol. The van der Waals surface area contributed by atoms with Crippen LogP contribution in [0.4, 0.5) is 0 Å². The molecule has 0 N–H and O–H groups in total. The monoisotopic (exact) mass is 238 g/mol. The molecule has 0 saturated carbocycles. The summed E-state index contributed by atoms with van der Waals surface area (Å²) in [6.07, 6.45) is 1.06. The van der Waals surface area contributed by atoms with E-state index in [1.807, 2.05) is 18.2 Å². The normalized spacial score (nSPS) is 10.6. The van der Waals surface area contributed by atoms with E-state index in [0.717, 1.165) is 13.0 Å². The van der Waals surface area contributed by atoms with E-state index in [9.17, 15) is 0 Å². The van der Waals surface area contributed by atoms with Crippen LogP contribution in [-0.2, 0) is 20.8 Å². The van der Waals surface area contributed by atoms with E-state index < -0.39 is 0 Å². The molecule has 3 heteroatoms. The van der Waals surface area contributed by atoms with Crippen LogP contribution in [0.2, 0.25) is 0 Å². The summed E-state index contributed by atoms with van der Waals surface area (Å²) in [6.45, 7) is 6.13. The number of hydrogen-bond donors (Lipinski definition) is 0. The van der Waals surface area contributed by atoms with Crippen molar-refractivity contribution in [3.05, 3.63) is 35.9 Å².